The average Bonchev–Trinajstić information content (AvgIpc) is 2.94. The van der Waals surface area contributed by atoms with Crippen molar-refractivity contribution in [1.29, 1.82) is 0 Å². The Balaban J connectivity index is 1.47. The summed E-state index contributed by atoms with van der Waals surface area (Å²) in [5.41, 5.74) is 0.527. The number of halogens is 1. The van der Waals surface area contributed by atoms with Crippen LogP contribution in [0.5, 0.6) is 0 Å². The summed E-state index contributed by atoms with van der Waals surface area (Å²) in [6, 6.07) is 10.4. The summed E-state index contributed by atoms with van der Waals surface area (Å²) < 4.78 is 5.89. The second kappa shape index (κ2) is 11.8. The predicted molar refractivity (Wildman–Crippen MR) is 154 cm³/mol. The first-order valence-electron chi connectivity index (χ1n) is 13.3. The molecule has 1 aliphatic heterocycles. The minimum absolute atomic E-state index is 0.129. The Morgan fingerprint density at radius 2 is 1.88 bits per heavy atom. The van der Waals surface area contributed by atoms with Gasteiger partial charge in [-0.05, 0) is 31.9 Å². The van der Waals surface area contributed by atoms with Crippen molar-refractivity contribution in [2.24, 2.45) is 0 Å². The lowest BCUT2D eigenvalue weighted by atomic mass is 9.89. The molecule has 3 atom stereocenters. The van der Waals surface area contributed by atoms with E-state index in [1.807, 2.05) is 6.92 Å². The van der Waals surface area contributed by atoms with Crippen LogP contribution < -0.4 is 16.2 Å². The van der Waals surface area contributed by atoms with Gasteiger partial charge in [-0.2, -0.15) is 0 Å². The number of nitro benzene ring substituents is 1. The van der Waals surface area contributed by atoms with Gasteiger partial charge in [-0.15, -0.1) is 0 Å². The molecule has 2 amide bonds. The molecule has 3 N–H and O–H groups in total. The highest BCUT2D eigenvalue weighted by Crippen LogP contribution is 2.36. The molecule has 5 rings (SSSR count). The molecule has 0 bridgehead atoms. The van der Waals surface area contributed by atoms with Gasteiger partial charge in [0.2, 0.25) is 5.56 Å². The summed E-state index contributed by atoms with van der Waals surface area (Å²) in [6.07, 6.45) is 2.99. The standard InChI is InChI=1S/C28H30BrN5O6/c1-16-15-40-11-10-33(16)28(37)20-12-17(29)13-24(34(38)39)26(20)31-22-8-4-5-9-23(22)32-27(36)19-14-25(35)30-21-7-3-2-6-18(19)21/h2-3,6-7,12-14,16,22-23,31H,4-5,8-11,15H2,1H3,(H,30,35)(H,32,36)/t16?,22-,23+/m1/s1. The number of fused-ring (bicyclic) bond motifs is 1. The van der Waals surface area contributed by atoms with E-state index < -0.39 is 10.8 Å². The van der Waals surface area contributed by atoms with Crippen LogP contribution in [0.25, 0.3) is 10.9 Å². The molecule has 2 aliphatic rings. The molecule has 2 fully saturated rings. The Hall–Kier alpha value is -3.77. The molecule has 2 aromatic carbocycles. The lowest BCUT2D eigenvalue weighted by Gasteiger charge is -2.36. The fourth-order valence-electron chi connectivity index (χ4n) is 5.54. The Labute approximate surface area is 238 Å². The maximum atomic E-state index is 13.7. The van der Waals surface area contributed by atoms with Crippen LogP contribution in [0.15, 0.2) is 51.7 Å². The maximum absolute atomic E-state index is 13.7. The molecular weight excluding hydrogens is 582 g/mol. The van der Waals surface area contributed by atoms with Gasteiger partial charge in [0.1, 0.15) is 5.69 Å². The molecule has 1 saturated carbocycles. The molecular formula is C28H30BrN5O6. The van der Waals surface area contributed by atoms with Crippen LogP contribution in [-0.2, 0) is 4.74 Å². The zero-order valence-corrected chi connectivity index (χ0v) is 23.5. The van der Waals surface area contributed by atoms with Gasteiger partial charge in [0.25, 0.3) is 17.5 Å². The number of benzene rings is 2. The number of nitro groups is 1. The third-order valence-electron chi connectivity index (χ3n) is 7.55. The van der Waals surface area contributed by atoms with E-state index in [1.54, 1.807) is 35.2 Å². The van der Waals surface area contributed by atoms with Gasteiger partial charge >= 0.3 is 0 Å². The van der Waals surface area contributed by atoms with Crippen LogP contribution in [0.4, 0.5) is 11.4 Å². The number of hydrogen-bond acceptors (Lipinski definition) is 7. The number of aromatic nitrogens is 1. The molecule has 1 aromatic heterocycles. The number of nitrogens with one attached hydrogen (secondary N) is 3. The summed E-state index contributed by atoms with van der Waals surface area (Å²) in [6.45, 7) is 3.04. The van der Waals surface area contributed by atoms with Gasteiger partial charge < -0.3 is 25.3 Å². The maximum Gasteiger partial charge on any atom is 0.294 e. The number of nitrogens with zero attached hydrogens (tertiary/aromatic N) is 2. The number of H-pyrrole nitrogens is 1. The van der Waals surface area contributed by atoms with Gasteiger partial charge in [-0.25, -0.2) is 0 Å². The zero-order valence-electron chi connectivity index (χ0n) is 21.9. The fourth-order valence-corrected chi connectivity index (χ4v) is 5.99. The summed E-state index contributed by atoms with van der Waals surface area (Å²) in [4.78, 5) is 55.4. The van der Waals surface area contributed by atoms with Crippen molar-refractivity contribution in [2.75, 3.05) is 25.1 Å². The number of para-hydroxylation sites is 1. The largest absolute Gasteiger partial charge is 0.377 e. The number of pyridine rings is 1. The van der Waals surface area contributed by atoms with Gasteiger partial charge in [0.05, 0.1) is 35.3 Å². The number of morpholine rings is 1. The Morgan fingerprint density at radius 3 is 2.62 bits per heavy atom. The molecule has 40 heavy (non-hydrogen) atoms. The third kappa shape index (κ3) is 5.73. The second-order valence-corrected chi connectivity index (χ2v) is 11.2. The van der Waals surface area contributed by atoms with Crippen LogP contribution in [0, 0.1) is 10.1 Å². The van der Waals surface area contributed by atoms with Gasteiger partial charge in [0.15, 0.2) is 0 Å². The predicted octanol–water partition coefficient (Wildman–Crippen LogP) is 4.21. The number of amides is 2. The van der Waals surface area contributed by atoms with Gasteiger partial charge in [-0.3, -0.25) is 24.5 Å². The van der Waals surface area contributed by atoms with Crippen LogP contribution >= 0.6 is 15.9 Å². The van der Waals surface area contributed by atoms with E-state index in [4.69, 9.17) is 4.74 Å². The van der Waals surface area contributed by atoms with Gasteiger partial charge in [0, 0.05) is 46.1 Å². The van der Waals surface area contributed by atoms with Crippen LogP contribution in [0.2, 0.25) is 0 Å². The molecule has 0 spiro atoms. The lowest BCUT2D eigenvalue weighted by Crippen LogP contribution is -2.49. The Morgan fingerprint density at radius 1 is 1.12 bits per heavy atom. The highest BCUT2D eigenvalue weighted by Gasteiger charge is 2.34. The minimum atomic E-state index is -0.509. The number of anilines is 1. The third-order valence-corrected chi connectivity index (χ3v) is 8.00. The molecule has 0 radical (unpaired) electrons. The van der Waals surface area contributed by atoms with Crippen molar-refractivity contribution in [3.05, 3.63) is 78.5 Å². The van der Waals surface area contributed by atoms with Crippen molar-refractivity contribution >= 4 is 50.0 Å². The molecule has 210 valence electrons. The number of rotatable bonds is 6. The van der Waals surface area contributed by atoms with Crippen molar-refractivity contribution in [1.82, 2.24) is 15.2 Å². The highest BCUT2D eigenvalue weighted by atomic mass is 79.9. The van der Waals surface area contributed by atoms with Crippen molar-refractivity contribution in [3.8, 4) is 0 Å². The normalized spacial score (nSPS) is 21.1. The molecule has 1 unspecified atom stereocenters. The van der Waals surface area contributed by atoms with Crippen molar-refractivity contribution in [3.63, 3.8) is 0 Å². The Kier molecular flexibility index (Phi) is 8.17. The minimum Gasteiger partial charge on any atom is -0.377 e. The molecule has 12 heteroatoms. The molecule has 1 saturated heterocycles. The Bertz CT molecular complexity index is 1520. The topological polar surface area (TPSA) is 147 Å². The van der Waals surface area contributed by atoms with E-state index in [9.17, 15) is 24.5 Å². The lowest BCUT2D eigenvalue weighted by molar-refractivity contribution is -0.384. The van der Waals surface area contributed by atoms with Crippen molar-refractivity contribution in [2.45, 2.75) is 50.7 Å². The van der Waals surface area contributed by atoms with Crippen LogP contribution in [0.1, 0.15) is 53.3 Å². The SMILES string of the molecule is CC1COCCN1C(=O)c1cc(Br)cc([N+](=O)[O-])c1N[C@@H]1CCCC[C@@H]1NC(=O)c1cc(=O)[nH]c2ccccc12. The van der Waals surface area contributed by atoms with Crippen molar-refractivity contribution < 1.29 is 19.2 Å². The van der Waals surface area contributed by atoms with E-state index in [0.29, 0.717) is 48.0 Å². The van der Waals surface area contributed by atoms with E-state index in [1.165, 1.54) is 12.1 Å². The van der Waals surface area contributed by atoms with E-state index in [2.05, 4.69) is 31.5 Å². The number of aromatic amines is 1. The zero-order chi connectivity index (χ0) is 28.4. The number of carbonyl (C=O) groups is 2. The number of ether oxygens (including phenoxy) is 1. The molecule has 11 nitrogen and oxygen atoms in total. The van der Waals surface area contributed by atoms with E-state index in [-0.39, 0.29) is 52.1 Å². The molecule has 1 aliphatic carbocycles. The molecule has 3 aromatic rings. The number of hydrogen-bond donors (Lipinski definition) is 3. The monoisotopic (exact) mass is 611 g/mol. The second-order valence-electron chi connectivity index (χ2n) is 10.2. The molecule has 2 heterocycles. The highest BCUT2D eigenvalue weighted by molar-refractivity contribution is 9.10. The first-order chi connectivity index (χ1) is 19.2. The quantitative estimate of drug-likeness (QED) is 0.279. The van der Waals surface area contributed by atoms with E-state index >= 15 is 0 Å². The van der Waals surface area contributed by atoms with Crippen LogP contribution in [-0.4, -0.2) is 64.5 Å². The first kappa shape index (κ1) is 27.8. The summed E-state index contributed by atoms with van der Waals surface area (Å²) >= 11 is 3.33. The summed E-state index contributed by atoms with van der Waals surface area (Å²) in [7, 11) is 0. The average molecular weight is 612 g/mol. The smallest absolute Gasteiger partial charge is 0.294 e. The van der Waals surface area contributed by atoms with Crippen LogP contribution in [0.3, 0.4) is 0 Å². The van der Waals surface area contributed by atoms with E-state index in [0.717, 1.165) is 12.8 Å². The number of carbonyl (C=O) groups excluding carboxylic acids is 2. The fraction of sp³-hybridized carbons (Fsp3) is 0.393. The van der Waals surface area contributed by atoms with Gasteiger partial charge in [-0.1, -0.05) is 47.0 Å². The summed E-state index contributed by atoms with van der Waals surface area (Å²) in [5, 5.41) is 19.1. The summed E-state index contributed by atoms with van der Waals surface area (Å²) in [5.74, 6) is -0.723. The first-order valence-corrected chi connectivity index (χ1v) is 14.1.